The molecule has 1 aromatic rings. The number of hydrogen-bond acceptors (Lipinski definition) is 2. The van der Waals surface area contributed by atoms with Gasteiger partial charge in [-0.1, -0.05) is 17.7 Å². The normalized spacial score (nSPS) is 10.6. The second kappa shape index (κ2) is 5.59. The Morgan fingerprint density at radius 3 is 2.79 bits per heavy atom. The third kappa shape index (κ3) is 3.48. The van der Waals surface area contributed by atoms with Crippen LogP contribution in [0.2, 0.25) is 5.02 Å². The monoisotopic (exact) mass is 276 g/mol. The first-order chi connectivity index (χ1) is 6.61. The predicted octanol–water partition coefficient (Wildman–Crippen LogP) is 3.08. The van der Waals surface area contributed by atoms with Gasteiger partial charge in [-0.2, -0.15) is 0 Å². The van der Waals surface area contributed by atoms with E-state index in [1.54, 1.807) is 0 Å². The number of nitrogens with zero attached hydrogens (tertiary/aromatic N) is 1. The highest BCUT2D eigenvalue weighted by Gasteiger charge is 2.02. The molecule has 0 spiro atoms. The summed E-state index contributed by atoms with van der Waals surface area (Å²) in [5.41, 5.74) is 1.04. The van der Waals surface area contributed by atoms with Gasteiger partial charge < -0.3 is 10.2 Å². The van der Waals surface area contributed by atoms with Gasteiger partial charge in [0.15, 0.2) is 0 Å². The second-order valence-electron chi connectivity index (χ2n) is 3.33. The Bertz CT molecular complexity index is 302. The molecule has 0 unspecified atom stereocenters. The Kier molecular flexibility index (Phi) is 4.72. The lowest BCUT2D eigenvalue weighted by atomic mass is 10.3. The van der Waals surface area contributed by atoms with Crippen molar-refractivity contribution in [2.75, 3.05) is 32.5 Å². The minimum absolute atomic E-state index is 0.736. The maximum Gasteiger partial charge on any atom is 0.0593 e. The summed E-state index contributed by atoms with van der Waals surface area (Å²) in [6.45, 7) is 1.91. The molecule has 4 heteroatoms. The zero-order valence-corrected chi connectivity index (χ0v) is 10.7. The predicted molar refractivity (Wildman–Crippen MR) is 66.2 cm³/mol. The number of likely N-dealkylation sites (N-methyl/N-ethyl adjacent to an activating group) is 1. The van der Waals surface area contributed by atoms with Crippen LogP contribution in [-0.4, -0.2) is 32.1 Å². The van der Waals surface area contributed by atoms with Crippen LogP contribution in [0, 0.1) is 0 Å². The maximum atomic E-state index is 5.96. The zero-order chi connectivity index (χ0) is 10.6. The lowest BCUT2D eigenvalue weighted by molar-refractivity contribution is 0.425. The second-order valence-corrected chi connectivity index (χ2v) is 4.53. The van der Waals surface area contributed by atoms with E-state index in [1.807, 2.05) is 18.2 Å². The van der Waals surface area contributed by atoms with Crippen LogP contribution < -0.4 is 5.32 Å². The lowest BCUT2D eigenvalue weighted by Crippen LogP contribution is -2.20. The fraction of sp³-hybridized carbons (Fsp3) is 0.400. The third-order valence-electron chi connectivity index (χ3n) is 1.83. The molecule has 1 aromatic carbocycles. The van der Waals surface area contributed by atoms with Gasteiger partial charge in [0.1, 0.15) is 0 Å². The molecule has 0 atom stereocenters. The van der Waals surface area contributed by atoms with Crippen molar-refractivity contribution in [1.29, 1.82) is 0 Å². The zero-order valence-electron chi connectivity index (χ0n) is 8.35. The molecule has 0 bridgehead atoms. The van der Waals surface area contributed by atoms with E-state index in [4.69, 9.17) is 11.6 Å². The van der Waals surface area contributed by atoms with Crippen molar-refractivity contribution in [2.24, 2.45) is 0 Å². The topological polar surface area (TPSA) is 15.3 Å². The SMILES string of the molecule is CN(C)CCNc1cccc(Cl)c1Br. The summed E-state index contributed by atoms with van der Waals surface area (Å²) in [5, 5.41) is 4.05. The molecule has 0 aliphatic rings. The van der Waals surface area contributed by atoms with Crippen LogP contribution in [0.25, 0.3) is 0 Å². The van der Waals surface area contributed by atoms with Crippen molar-refractivity contribution in [1.82, 2.24) is 4.90 Å². The molecule has 2 nitrogen and oxygen atoms in total. The molecule has 1 N–H and O–H groups in total. The quantitative estimate of drug-likeness (QED) is 0.910. The number of rotatable bonds is 4. The first-order valence-corrected chi connectivity index (χ1v) is 5.61. The summed E-state index contributed by atoms with van der Waals surface area (Å²) in [6.07, 6.45) is 0. The van der Waals surface area contributed by atoms with Gasteiger partial charge in [0.2, 0.25) is 0 Å². The summed E-state index contributed by atoms with van der Waals surface area (Å²) in [5.74, 6) is 0. The average molecular weight is 278 g/mol. The van der Waals surface area contributed by atoms with Crippen molar-refractivity contribution in [3.05, 3.63) is 27.7 Å². The van der Waals surface area contributed by atoms with E-state index >= 15 is 0 Å². The summed E-state index contributed by atoms with van der Waals surface area (Å²) >= 11 is 9.40. The minimum Gasteiger partial charge on any atom is -0.383 e. The number of hydrogen-bond donors (Lipinski definition) is 1. The van der Waals surface area contributed by atoms with Crippen molar-refractivity contribution in [3.63, 3.8) is 0 Å². The van der Waals surface area contributed by atoms with E-state index in [2.05, 4.69) is 40.2 Å². The highest BCUT2D eigenvalue weighted by atomic mass is 79.9. The van der Waals surface area contributed by atoms with Crippen molar-refractivity contribution in [3.8, 4) is 0 Å². The third-order valence-corrected chi connectivity index (χ3v) is 3.22. The van der Waals surface area contributed by atoms with Crippen LogP contribution in [0.5, 0.6) is 0 Å². The van der Waals surface area contributed by atoms with Gasteiger partial charge in [0, 0.05) is 18.8 Å². The van der Waals surface area contributed by atoms with Crippen LogP contribution in [0.1, 0.15) is 0 Å². The van der Waals surface area contributed by atoms with Crippen molar-refractivity contribution < 1.29 is 0 Å². The molecule has 0 saturated carbocycles. The number of anilines is 1. The highest BCUT2D eigenvalue weighted by molar-refractivity contribution is 9.10. The van der Waals surface area contributed by atoms with E-state index in [9.17, 15) is 0 Å². The van der Waals surface area contributed by atoms with Crippen LogP contribution in [0.3, 0.4) is 0 Å². The molecule has 0 aliphatic carbocycles. The molecular weight excluding hydrogens is 263 g/mol. The number of benzene rings is 1. The van der Waals surface area contributed by atoms with Crippen molar-refractivity contribution >= 4 is 33.2 Å². The van der Waals surface area contributed by atoms with E-state index in [1.165, 1.54) is 0 Å². The van der Waals surface area contributed by atoms with Crippen LogP contribution in [-0.2, 0) is 0 Å². The average Bonchev–Trinajstić information content (AvgIpc) is 2.12. The summed E-state index contributed by atoms with van der Waals surface area (Å²) in [7, 11) is 4.10. The fourth-order valence-electron chi connectivity index (χ4n) is 1.05. The van der Waals surface area contributed by atoms with E-state index < -0.39 is 0 Å². The van der Waals surface area contributed by atoms with Gasteiger partial charge in [-0.25, -0.2) is 0 Å². The maximum absolute atomic E-state index is 5.96. The largest absolute Gasteiger partial charge is 0.383 e. The first-order valence-electron chi connectivity index (χ1n) is 4.44. The summed E-state index contributed by atoms with van der Waals surface area (Å²) in [4.78, 5) is 2.13. The van der Waals surface area contributed by atoms with Gasteiger partial charge in [-0.3, -0.25) is 0 Å². The first kappa shape index (κ1) is 11.8. The van der Waals surface area contributed by atoms with Crippen LogP contribution in [0.15, 0.2) is 22.7 Å². The molecule has 0 heterocycles. The Labute approximate surface area is 98.4 Å². The number of nitrogens with one attached hydrogen (secondary N) is 1. The van der Waals surface area contributed by atoms with Gasteiger partial charge in [-0.15, -0.1) is 0 Å². The molecular formula is C10H14BrClN2. The van der Waals surface area contributed by atoms with E-state index in [0.29, 0.717) is 0 Å². The lowest BCUT2D eigenvalue weighted by Gasteiger charge is -2.12. The van der Waals surface area contributed by atoms with E-state index in [0.717, 1.165) is 28.3 Å². The van der Waals surface area contributed by atoms with Crippen molar-refractivity contribution in [2.45, 2.75) is 0 Å². The Balaban J connectivity index is 2.54. The number of halogens is 2. The van der Waals surface area contributed by atoms with Gasteiger partial charge >= 0.3 is 0 Å². The smallest absolute Gasteiger partial charge is 0.0593 e. The summed E-state index contributed by atoms with van der Waals surface area (Å²) in [6, 6.07) is 5.81. The highest BCUT2D eigenvalue weighted by Crippen LogP contribution is 2.29. The van der Waals surface area contributed by atoms with Crippen LogP contribution in [0.4, 0.5) is 5.69 Å². The van der Waals surface area contributed by atoms with Crippen LogP contribution >= 0.6 is 27.5 Å². The minimum atomic E-state index is 0.736. The van der Waals surface area contributed by atoms with E-state index in [-0.39, 0.29) is 0 Å². The molecule has 0 fully saturated rings. The van der Waals surface area contributed by atoms with Gasteiger partial charge in [0.25, 0.3) is 0 Å². The fourth-order valence-corrected chi connectivity index (χ4v) is 1.63. The standard InChI is InChI=1S/C10H14BrClN2/c1-14(2)7-6-13-9-5-3-4-8(12)10(9)11/h3-5,13H,6-7H2,1-2H3. The molecule has 14 heavy (non-hydrogen) atoms. The summed E-state index contributed by atoms with van der Waals surface area (Å²) < 4.78 is 0.931. The molecule has 0 aliphatic heterocycles. The van der Waals surface area contributed by atoms with Gasteiger partial charge in [0.05, 0.1) is 9.50 Å². The Morgan fingerprint density at radius 2 is 2.14 bits per heavy atom. The molecule has 0 amide bonds. The Morgan fingerprint density at radius 1 is 1.43 bits per heavy atom. The molecule has 78 valence electrons. The molecule has 1 rings (SSSR count). The molecule has 0 saturated heterocycles. The Hall–Kier alpha value is -0.250. The molecule has 0 aromatic heterocycles. The van der Waals surface area contributed by atoms with Gasteiger partial charge in [-0.05, 0) is 42.2 Å². The molecule has 0 radical (unpaired) electrons.